The van der Waals surface area contributed by atoms with Crippen LogP contribution in [0.1, 0.15) is 24.0 Å². The number of carbonyl (C=O) groups excluding carboxylic acids is 1. The van der Waals surface area contributed by atoms with Gasteiger partial charge in [0.2, 0.25) is 5.91 Å². The number of nitrogens with two attached hydrogens (primary N) is 1. The highest BCUT2D eigenvalue weighted by Crippen LogP contribution is 2.48. The summed E-state index contributed by atoms with van der Waals surface area (Å²) in [5.41, 5.74) is 2.49. The van der Waals surface area contributed by atoms with Crippen molar-refractivity contribution < 1.29 is 41.0 Å². The number of amides is 1. The molecule has 0 saturated carbocycles. The Morgan fingerprint density at radius 1 is 1.25 bits per heavy atom. The monoisotopic (exact) mass is 745 g/mol. The number of anilines is 2. The number of methoxy groups -OCH3 is 2. The standard InChI is InChI=1S/C35H36F5N7O4S/c1-6-26(48)47-10-9-24(25(47)16-49-4)46(3)33-20-12-22(35(38,39)40)28(19-7-8-23(36)31-27(19)21(13-41)32(42)52-31)29(37)30(20)43-34(44-33)51-15-17-11-18(50-5)14-45(17)2/h6-8,12,17-18,24-25H,1,9-11,14-16,42H2,2-5H3. The van der Waals surface area contributed by atoms with E-state index in [-0.39, 0.29) is 74.7 Å². The molecular weight excluding hydrogens is 709 g/mol. The predicted molar refractivity (Wildman–Crippen MR) is 186 cm³/mol. The number of alkyl halides is 3. The molecule has 0 bridgehead atoms. The van der Waals surface area contributed by atoms with Crippen LogP contribution < -0.4 is 15.4 Å². The van der Waals surface area contributed by atoms with Gasteiger partial charge >= 0.3 is 12.2 Å². The fourth-order valence-electron chi connectivity index (χ4n) is 7.29. The fourth-order valence-corrected chi connectivity index (χ4v) is 8.24. The Morgan fingerprint density at radius 3 is 2.63 bits per heavy atom. The van der Waals surface area contributed by atoms with Crippen molar-refractivity contribution in [3.63, 3.8) is 0 Å². The predicted octanol–water partition coefficient (Wildman–Crippen LogP) is 5.60. The number of nitrogens with zero attached hydrogens (tertiary/aromatic N) is 6. The molecule has 4 aromatic rings. The van der Waals surface area contributed by atoms with Crippen LogP contribution in [0.15, 0.2) is 30.9 Å². The summed E-state index contributed by atoms with van der Waals surface area (Å²) in [7, 11) is 6.55. The highest BCUT2D eigenvalue weighted by atomic mass is 32.1. The SMILES string of the molecule is C=CC(=O)N1CCC(N(C)c2nc(OCC3CC(OC)CN3C)nc3c(F)c(-c4ccc(F)c5sc(N)c(C#N)c45)c(C(F)(F)F)cc23)C1COC. The number of fused-ring (bicyclic) bond motifs is 2. The molecule has 4 atom stereocenters. The Kier molecular flexibility index (Phi) is 10.3. The molecule has 2 N–H and O–H groups in total. The van der Waals surface area contributed by atoms with Crippen molar-refractivity contribution >= 4 is 49.1 Å². The summed E-state index contributed by atoms with van der Waals surface area (Å²) in [6.45, 7) is 4.67. The smallest absolute Gasteiger partial charge is 0.417 e. The number of likely N-dealkylation sites (tertiary alicyclic amines) is 2. The van der Waals surface area contributed by atoms with E-state index in [4.69, 9.17) is 19.9 Å². The van der Waals surface area contributed by atoms with Crippen molar-refractivity contribution in [1.82, 2.24) is 19.8 Å². The minimum absolute atomic E-state index is 0.0445. The van der Waals surface area contributed by atoms with E-state index in [0.717, 1.165) is 18.2 Å². The second-order valence-electron chi connectivity index (χ2n) is 12.8. The number of hydrogen-bond donors (Lipinski definition) is 1. The fraction of sp³-hybridized carbons (Fsp3) is 0.429. The first-order valence-electron chi connectivity index (χ1n) is 16.3. The zero-order chi connectivity index (χ0) is 37.6. The van der Waals surface area contributed by atoms with Crippen molar-refractivity contribution in [3.05, 3.63) is 53.6 Å². The number of benzene rings is 2. The molecule has 0 aliphatic carbocycles. The van der Waals surface area contributed by atoms with Crippen LogP contribution >= 0.6 is 11.3 Å². The van der Waals surface area contributed by atoms with E-state index in [1.165, 1.54) is 13.2 Å². The van der Waals surface area contributed by atoms with Crippen molar-refractivity contribution in [3.8, 4) is 23.2 Å². The van der Waals surface area contributed by atoms with Gasteiger partial charge in [-0.25, -0.2) is 8.78 Å². The van der Waals surface area contributed by atoms with Gasteiger partial charge in [0.15, 0.2) is 5.82 Å². The first kappa shape index (κ1) is 37.1. The van der Waals surface area contributed by atoms with Crippen LogP contribution in [0.5, 0.6) is 6.01 Å². The van der Waals surface area contributed by atoms with E-state index in [9.17, 15) is 14.4 Å². The molecule has 2 fully saturated rings. The van der Waals surface area contributed by atoms with Crippen LogP contribution in [-0.4, -0.2) is 105 Å². The van der Waals surface area contributed by atoms with Crippen molar-refractivity contribution in [2.75, 3.05) is 65.3 Å². The van der Waals surface area contributed by atoms with Crippen LogP contribution in [-0.2, 0) is 20.4 Å². The summed E-state index contributed by atoms with van der Waals surface area (Å²) in [4.78, 5) is 26.8. The Morgan fingerprint density at radius 2 is 2.00 bits per heavy atom. The van der Waals surface area contributed by atoms with Gasteiger partial charge in [0.1, 0.15) is 34.8 Å². The van der Waals surface area contributed by atoms with Crippen molar-refractivity contribution in [1.29, 1.82) is 5.26 Å². The zero-order valence-electron chi connectivity index (χ0n) is 28.8. The van der Waals surface area contributed by atoms with E-state index in [2.05, 4.69) is 16.5 Å². The van der Waals surface area contributed by atoms with Crippen molar-refractivity contribution in [2.45, 2.75) is 43.2 Å². The van der Waals surface area contributed by atoms with Gasteiger partial charge in [-0.2, -0.15) is 28.4 Å². The molecule has 0 spiro atoms. The Hall–Kier alpha value is -4.63. The molecule has 52 heavy (non-hydrogen) atoms. The summed E-state index contributed by atoms with van der Waals surface area (Å²) in [5, 5.41) is 9.20. The molecule has 4 unspecified atom stereocenters. The number of hydrogen-bond acceptors (Lipinski definition) is 11. The molecule has 2 aliphatic heterocycles. The van der Waals surface area contributed by atoms with Gasteiger partial charge in [0.05, 0.1) is 40.6 Å². The second kappa shape index (κ2) is 14.4. The molecule has 2 saturated heterocycles. The zero-order valence-corrected chi connectivity index (χ0v) is 29.6. The lowest BCUT2D eigenvalue weighted by molar-refractivity contribution is -0.137. The molecule has 4 heterocycles. The van der Waals surface area contributed by atoms with Gasteiger partial charge in [-0.1, -0.05) is 12.6 Å². The van der Waals surface area contributed by atoms with Crippen LogP contribution in [0.2, 0.25) is 0 Å². The number of nitrogen functional groups attached to an aromatic ring is 1. The molecule has 17 heteroatoms. The molecule has 6 rings (SSSR count). The lowest BCUT2D eigenvalue weighted by Gasteiger charge is -2.34. The third-order valence-corrected chi connectivity index (χ3v) is 10.9. The van der Waals surface area contributed by atoms with Gasteiger partial charge in [-0.05, 0) is 43.7 Å². The molecule has 0 radical (unpaired) electrons. The van der Waals surface area contributed by atoms with Crippen LogP contribution in [0.25, 0.3) is 32.1 Å². The minimum Gasteiger partial charge on any atom is -0.462 e. The quantitative estimate of drug-likeness (QED) is 0.162. The van der Waals surface area contributed by atoms with E-state index >= 15 is 17.6 Å². The third-order valence-electron chi connectivity index (χ3n) is 9.92. The average molecular weight is 746 g/mol. The van der Waals surface area contributed by atoms with Crippen LogP contribution in [0, 0.1) is 23.0 Å². The first-order chi connectivity index (χ1) is 24.7. The van der Waals surface area contributed by atoms with Gasteiger partial charge in [-0.3, -0.25) is 9.69 Å². The maximum atomic E-state index is 17.2. The summed E-state index contributed by atoms with van der Waals surface area (Å²) in [5.74, 6) is -2.64. The lowest BCUT2D eigenvalue weighted by atomic mass is 9.92. The molecule has 11 nitrogen and oxygen atoms in total. The summed E-state index contributed by atoms with van der Waals surface area (Å²) in [6, 6.07) is 2.97. The van der Waals surface area contributed by atoms with E-state index in [1.54, 1.807) is 24.0 Å². The highest BCUT2D eigenvalue weighted by molar-refractivity contribution is 7.23. The first-order valence-corrected chi connectivity index (χ1v) is 17.1. The maximum Gasteiger partial charge on any atom is 0.417 e. The highest BCUT2D eigenvalue weighted by Gasteiger charge is 2.42. The number of carbonyl (C=O) groups is 1. The third kappa shape index (κ3) is 6.48. The minimum atomic E-state index is -5.13. The van der Waals surface area contributed by atoms with Crippen molar-refractivity contribution in [2.24, 2.45) is 0 Å². The van der Waals surface area contributed by atoms with Gasteiger partial charge in [-0.15, -0.1) is 11.3 Å². The molecular formula is C35H36F5N7O4S. The molecule has 1 amide bonds. The second-order valence-corrected chi connectivity index (χ2v) is 13.9. The van der Waals surface area contributed by atoms with Gasteiger partial charge in [0, 0.05) is 56.7 Å². The molecule has 276 valence electrons. The van der Waals surface area contributed by atoms with Gasteiger partial charge < -0.3 is 29.7 Å². The molecule has 2 aromatic carbocycles. The van der Waals surface area contributed by atoms with Crippen LogP contribution in [0.3, 0.4) is 0 Å². The number of likely N-dealkylation sites (N-methyl/N-ethyl adjacent to an activating group) is 2. The molecule has 2 aliphatic rings. The molecule has 2 aromatic heterocycles. The maximum absolute atomic E-state index is 17.2. The number of thiophene rings is 1. The van der Waals surface area contributed by atoms with E-state index in [0.29, 0.717) is 37.3 Å². The number of nitriles is 1. The number of halogens is 5. The Bertz CT molecular complexity index is 2090. The number of ether oxygens (including phenoxy) is 3. The Balaban J connectivity index is 1.59. The topological polar surface area (TPSA) is 130 Å². The Labute approximate surface area is 300 Å². The lowest BCUT2D eigenvalue weighted by Crippen LogP contribution is -2.48. The van der Waals surface area contributed by atoms with Gasteiger partial charge in [0.25, 0.3) is 0 Å². The van der Waals surface area contributed by atoms with Crippen LogP contribution in [0.4, 0.5) is 32.8 Å². The summed E-state index contributed by atoms with van der Waals surface area (Å²) in [6.07, 6.45) is -3.00. The average Bonchev–Trinajstić information content (AvgIpc) is 3.81. The summed E-state index contributed by atoms with van der Waals surface area (Å²) < 4.78 is 94.1. The van der Waals surface area contributed by atoms with E-state index in [1.807, 2.05) is 18.0 Å². The number of rotatable bonds is 10. The van der Waals surface area contributed by atoms with E-state index < -0.39 is 46.5 Å². The number of aromatic nitrogens is 2. The summed E-state index contributed by atoms with van der Waals surface area (Å²) >= 11 is 0.680. The normalized spacial score (nSPS) is 20.9. The largest absolute Gasteiger partial charge is 0.462 e.